The number of nitrogens with one attached hydrogen (secondary N) is 1. The minimum atomic E-state index is -2.71. The first-order valence-corrected chi connectivity index (χ1v) is 13.4. The molecule has 2 aromatic carbocycles. The lowest BCUT2D eigenvalue weighted by atomic mass is 9.93. The van der Waals surface area contributed by atoms with Crippen LogP contribution in [0.4, 0.5) is 30.2 Å². The van der Waals surface area contributed by atoms with Crippen LogP contribution in [-0.2, 0) is 0 Å². The monoisotopic (exact) mass is 608 g/mol. The summed E-state index contributed by atoms with van der Waals surface area (Å²) in [5.41, 5.74) is 3.48. The van der Waals surface area contributed by atoms with Crippen molar-refractivity contribution < 1.29 is 18.0 Å². The number of nitrogens with zero attached hydrogens (tertiary/aromatic N) is 3. The number of anilines is 3. The fourth-order valence-electron chi connectivity index (χ4n) is 5.39. The average molecular weight is 608 g/mol. The standard InChI is InChI=1S/C27H28F3IN4O/c1-17-12-18(13-23(20(17)16-32)35-10-6-27(29,30)7-11-35)33-25(36)19-14-21(28)22(31)15-24(19)34-8-4-26(2-3-26)5-9-34/h12-15H,2-11H2,1H3,(H,33,36). The molecule has 1 N–H and O–H groups in total. The summed E-state index contributed by atoms with van der Waals surface area (Å²) in [5, 5.41) is 12.6. The zero-order valence-electron chi connectivity index (χ0n) is 20.1. The summed E-state index contributed by atoms with van der Waals surface area (Å²) >= 11 is 1.95. The number of hydrogen-bond acceptors (Lipinski definition) is 4. The number of carbonyl (C=O) groups excluding carboxylic acids is 1. The normalized spacial score (nSPS) is 20.2. The Bertz CT molecular complexity index is 1230. The molecule has 36 heavy (non-hydrogen) atoms. The van der Waals surface area contributed by atoms with Gasteiger partial charge in [0.05, 0.1) is 26.1 Å². The summed E-state index contributed by atoms with van der Waals surface area (Å²) in [6, 6.07) is 8.55. The molecule has 2 heterocycles. The minimum absolute atomic E-state index is 0.126. The molecule has 5 nitrogen and oxygen atoms in total. The van der Waals surface area contributed by atoms with Gasteiger partial charge < -0.3 is 15.1 Å². The first-order valence-electron chi connectivity index (χ1n) is 12.3. The van der Waals surface area contributed by atoms with Crippen molar-refractivity contribution in [2.45, 2.75) is 51.4 Å². The molecule has 1 amide bonds. The number of halogens is 4. The molecule has 1 spiro atoms. The number of carbonyl (C=O) groups is 1. The fraction of sp³-hybridized carbons (Fsp3) is 0.481. The van der Waals surface area contributed by atoms with Crippen LogP contribution in [0.15, 0.2) is 24.3 Å². The number of amides is 1. The molecule has 3 fully saturated rings. The molecule has 2 aliphatic heterocycles. The zero-order valence-corrected chi connectivity index (χ0v) is 22.3. The van der Waals surface area contributed by atoms with E-state index in [2.05, 4.69) is 16.3 Å². The lowest BCUT2D eigenvalue weighted by Crippen LogP contribution is -2.39. The van der Waals surface area contributed by atoms with Gasteiger partial charge in [0.2, 0.25) is 0 Å². The Hall–Kier alpha value is -2.48. The van der Waals surface area contributed by atoms with Crippen molar-refractivity contribution in [1.82, 2.24) is 0 Å². The number of benzene rings is 2. The van der Waals surface area contributed by atoms with E-state index in [1.807, 2.05) is 22.6 Å². The topological polar surface area (TPSA) is 59.4 Å². The van der Waals surface area contributed by atoms with Crippen LogP contribution in [0.25, 0.3) is 0 Å². The van der Waals surface area contributed by atoms with E-state index in [9.17, 15) is 23.2 Å². The maximum atomic E-state index is 14.6. The first-order chi connectivity index (χ1) is 17.1. The summed E-state index contributed by atoms with van der Waals surface area (Å²) in [7, 11) is 0. The highest BCUT2D eigenvalue weighted by atomic mass is 127. The third kappa shape index (κ3) is 5.01. The van der Waals surface area contributed by atoms with Gasteiger partial charge in [-0.3, -0.25) is 4.79 Å². The van der Waals surface area contributed by atoms with Gasteiger partial charge in [0.15, 0.2) is 0 Å². The lowest BCUT2D eigenvalue weighted by Gasteiger charge is -2.35. The van der Waals surface area contributed by atoms with Crippen molar-refractivity contribution >= 4 is 45.6 Å². The average Bonchev–Trinajstić information content (AvgIpc) is 3.59. The van der Waals surface area contributed by atoms with Gasteiger partial charge in [0.25, 0.3) is 11.8 Å². The van der Waals surface area contributed by atoms with Crippen molar-refractivity contribution in [2.75, 3.05) is 41.3 Å². The van der Waals surface area contributed by atoms with Gasteiger partial charge in [-0.1, -0.05) is 0 Å². The molecule has 1 saturated carbocycles. The number of hydrogen-bond donors (Lipinski definition) is 1. The van der Waals surface area contributed by atoms with Crippen molar-refractivity contribution in [1.29, 1.82) is 5.26 Å². The molecule has 0 bridgehead atoms. The highest BCUT2D eigenvalue weighted by molar-refractivity contribution is 14.1. The molecule has 0 aromatic heterocycles. The predicted molar refractivity (Wildman–Crippen MR) is 142 cm³/mol. The SMILES string of the molecule is Cc1cc(NC(=O)c2cc(F)c(I)cc2N2CCC3(CC2)CC3)cc(N2CCC(F)(F)CC2)c1C#N. The second-order valence-corrected chi connectivity index (χ2v) is 11.5. The van der Waals surface area contributed by atoms with Gasteiger partial charge in [-0.25, -0.2) is 13.2 Å². The Morgan fingerprint density at radius 3 is 2.19 bits per heavy atom. The van der Waals surface area contributed by atoms with Crippen LogP contribution in [-0.4, -0.2) is 38.0 Å². The van der Waals surface area contributed by atoms with Crippen LogP contribution in [0, 0.1) is 33.1 Å². The maximum absolute atomic E-state index is 14.6. The van der Waals surface area contributed by atoms with Crippen molar-refractivity contribution in [2.24, 2.45) is 5.41 Å². The highest BCUT2D eigenvalue weighted by Crippen LogP contribution is 2.54. The molecule has 9 heteroatoms. The molecule has 0 atom stereocenters. The maximum Gasteiger partial charge on any atom is 0.257 e. The van der Waals surface area contributed by atoms with Crippen molar-refractivity contribution in [3.63, 3.8) is 0 Å². The Morgan fingerprint density at radius 1 is 0.972 bits per heavy atom. The second kappa shape index (κ2) is 9.43. The van der Waals surface area contributed by atoms with E-state index in [-0.39, 0.29) is 31.5 Å². The number of nitriles is 1. The van der Waals surface area contributed by atoms with Gasteiger partial charge in [0, 0.05) is 44.7 Å². The van der Waals surface area contributed by atoms with Crippen LogP contribution in [0.1, 0.15) is 60.0 Å². The highest BCUT2D eigenvalue weighted by Gasteiger charge is 2.44. The summed E-state index contributed by atoms with van der Waals surface area (Å²) in [4.78, 5) is 17.4. The summed E-state index contributed by atoms with van der Waals surface area (Å²) < 4.78 is 42.5. The minimum Gasteiger partial charge on any atom is -0.371 e. The van der Waals surface area contributed by atoms with Crippen molar-refractivity contribution in [3.8, 4) is 6.07 Å². The number of rotatable bonds is 4. The number of piperidine rings is 2. The summed E-state index contributed by atoms with van der Waals surface area (Å²) in [6.45, 7) is 3.68. The summed E-state index contributed by atoms with van der Waals surface area (Å²) in [5.74, 6) is -3.60. The third-order valence-electron chi connectivity index (χ3n) is 7.93. The van der Waals surface area contributed by atoms with E-state index in [4.69, 9.17) is 0 Å². The van der Waals surface area contributed by atoms with Gasteiger partial charge in [-0.15, -0.1) is 0 Å². The van der Waals surface area contributed by atoms with Crippen LogP contribution in [0.5, 0.6) is 0 Å². The van der Waals surface area contributed by atoms with Gasteiger partial charge >= 0.3 is 0 Å². The molecule has 190 valence electrons. The quantitative estimate of drug-likeness (QED) is 0.404. The molecule has 1 aliphatic carbocycles. The molecule has 5 rings (SSSR count). The van der Waals surface area contributed by atoms with E-state index in [0.29, 0.717) is 31.5 Å². The predicted octanol–water partition coefficient (Wildman–Crippen LogP) is 6.48. The van der Waals surface area contributed by atoms with Crippen LogP contribution in [0.3, 0.4) is 0 Å². The molecule has 3 aliphatic rings. The number of aryl methyl sites for hydroxylation is 1. The smallest absolute Gasteiger partial charge is 0.257 e. The molecular weight excluding hydrogens is 580 g/mol. The van der Waals surface area contributed by atoms with Crippen LogP contribution < -0.4 is 15.1 Å². The van der Waals surface area contributed by atoms with E-state index >= 15 is 0 Å². The van der Waals surface area contributed by atoms with Crippen molar-refractivity contribution in [3.05, 3.63) is 50.3 Å². The van der Waals surface area contributed by atoms with E-state index in [1.165, 1.54) is 18.9 Å². The van der Waals surface area contributed by atoms with Crippen LogP contribution in [0.2, 0.25) is 0 Å². The van der Waals surface area contributed by atoms with E-state index in [1.54, 1.807) is 30.0 Å². The largest absolute Gasteiger partial charge is 0.371 e. The van der Waals surface area contributed by atoms with E-state index < -0.39 is 17.6 Å². The Balaban J connectivity index is 1.42. The zero-order chi connectivity index (χ0) is 25.7. The third-order valence-corrected chi connectivity index (χ3v) is 8.75. The van der Waals surface area contributed by atoms with Gasteiger partial charge in [-0.05, 0) is 90.4 Å². The summed E-state index contributed by atoms with van der Waals surface area (Å²) in [6.07, 6.45) is 4.13. The fourth-order valence-corrected chi connectivity index (χ4v) is 5.84. The van der Waals surface area contributed by atoms with E-state index in [0.717, 1.165) is 31.6 Å². The lowest BCUT2D eigenvalue weighted by molar-refractivity contribution is -0.0220. The first kappa shape index (κ1) is 25.2. The van der Waals surface area contributed by atoms with Gasteiger partial charge in [-0.2, -0.15) is 5.26 Å². The Morgan fingerprint density at radius 2 is 1.58 bits per heavy atom. The Labute approximate surface area is 222 Å². The molecular formula is C27H28F3IN4O. The molecule has 0 unspecified atom stereocenters. The molecule has 2 saturated heterocycles. The Kier molecular flexibility index (Phi) is 6.60. The van der Waals surface area contributed by atoms with Crippen LogP contribution >= 0.6 is 22.6 Å². The molecule has 2 aromatic rings. The number of alkyl halides is 2. The second-order valence-electron chi connectivity index (χ2n) is 10.4. The van der Waals surface area contributed by atoms with Gasteiger partial charge in [0.1, 0.15) is 11.9 Å². The molecule has 0 radical (unpaired) electrons.